The Balaban J connectivity index is 1.44. The lowest BCUT2D eigenvalue weighted by Gasteiger charge is -2.29. The van der Waals surface area contributed by atoms with Crippen molar-refractivity contribution in [1.82, 2.24) is 25.6 Å². The molecule has 2 amide bonds. The van der Waals surface area contributed by atoms with Crippen molar-refractivity contribution in [2.75, 3.05) is 0 Å². The molecule has 1 unspecified atom stereocenters. The first kappa shape index (κ1) is 42.1. The van der Waals surface area contributed by atoms with E-state index in [1.165, 1.54) is 94.1 Å². The molecule has 1 aromatic heterocycles. The van der Waals surface area contributed by atoms with Gasteiger partial charge in [0.25, 0.3) is 23.6 Å². The van der Waals surface area contributed by atoms with Crippen molar-refractivity contribution in [3.8, 4) is 11.5 Å². The summed E-state index contributed by atoms with van der Waals surface area (Å²) in [6.45, 7) is 6.83. The maximum absolute atomic E-state index is 13.8. The van der Waals surface area contributed by atoms with Gasteiger partial charge in [-0.3, -0.25) is 29.2 Å². The highest BCUT2D eigenvalue weighted by atomic mass is 19.1. The van der Waals surface area contributed by atoms with Crippen molar-refractivity contribution in [2.45, 2.75) is 117 Å². The number of nitrogens with one attached hydrogen (secondary N) is 3. The molecule has 15 heteroatoms. The summed E-state index contributed by atoms with van der Waals surface area (Å²) < 4.78 is 30.8. The van der Waals surface area contributed by atoms with Crippen molar-refractivity contribution in [3.05, 3.63) is 87.3 Å². The van der Waals surface area contributed by atoms with Crippen LogP contribution >= 0.6 is 0 Å². The molecule has 2 heterocycles. The number of carbonyl (C=O) groups is 4. The van der Waals surface area contributed by atoms with E-state index >= 15 is 0 Å². The third-order valence-electron chi connectivity index (χ3n) is 8.94. The zero-order valence-electron chi connectivity index (χ0n) is 32.2. The topological polar surface area (TPSA) is 179 Å². The SMILES string of the molecule is CCCCCCCCCCCCC(=O)Oc1ccc(C(=O)Oc2c(C(=O)NCc3ccc(F)cc3)nc(C(C)(C)NC(=O)C3NN=C(C)O3)n(C)c2=O)cc1. The standard InChI is InChI=1S/C40H51FN6O8/c1-6-7-8-9-10-11-12-13-14-15-16-31(48)54-30-23-19-28(20-24-30)38(52)55-33-32(34(49)42-25-27-17-21-29(41)22-18-27)43-39(47(5)37(33)51)40(3,4)44-35(50)36-46-45-26(2)53-36/h17-24,36,46H,6-16,25H2,1-5H3,(H,42,49)(H,44,50). The molecule has 0 aliphatic carbocycles. The molecule has 0 bridgehead atoms. The molecule has 1 atom stereocenters. The summed E-state index contributed by atoms with van der Waals surface area (Å²) in [5, 5.41) is 9.19. The molecule has 14 nitrogen and oxygen atoms in total. The van der Waals surface area contributed by atoms with E-state index in [1.54, 1.807) is 20.8 Å². The van der Waals surface area contributed by atoms with Gasteiger partial charge in [0.2, 0.25) is 11.6 Å². The van der Waals surface area contributed by atoms with Crippen LogP contribution in [-0.2, 0) is 33.5 Å². The highest BCUT2D eigenvalue weighted by Gasteiger charge is 2.36. The zero-order chi connectivity index (χ0) is 40.0. The van der Waals surface area contributed by atoms with Crippen molar-refractivity contribution in [3.63, 3.8) is 0 Å². The third kappa shape index (κ3) is 12.5. The Hall–Kier alpha value is -5.60. The van der Waals surface area contributed by atoms with Crippen LogP contribution in [0.4, 0.5) is 4.39 Å². The Morgan fingerprint density at radius 3 is 2.13 bits per heavy atom. The summed E-state index contributed by atoms with van der Waals surface area (Å²) in [6, 6.07) is 11.0. The van der Waals surface area contributed by atoms with Crippen molar-refractivity contribution >= 4 is 29.7 Å². The molecule has 1 aliphatic rings. The fourth-order valence-corrected chi connectivity index (χ4v) is 5.92. The lowest BCUT2D eigenvalue weighted by molar-refractivity contribution is -0.134. The highest BCUT2D eigenvalue weighted by molar-refractivity contribution is 5.97. The van der Waals surface area contributed by atoms with Gasteiger partial charge in [-0.1, -0.05) is 76.8 Å². The molecule has 0 saturated carbocycles. The van der Waals surface area contributed by atoms with E-state index in [0.29, 0.717) is 5.56 Å². The molecule has 1 aliphatic heterocycles. The normalized spacial score (nSPS) is 13.6. The first-order valence-electron chi connectivity index (χ1n) is 18.7. The van der Waals surface area contributed by atoms with Gasteiger partial charge in [-0.15, -0.1) is 5.10 Å². The summed E-state index contributed by atoms with van der Waals surface area (Å²) >= 11 is 0. The van der Waals surface area contributed by atoms with Crippen LogP contribution in [-0.4, -0.2) is 45.4 Å². The summed E-state index contributed by atoms with van der Waals surface area (Å²) in [7, 11) is 1.35. The van der Waals surface area contributed by atoms with Gasteiger partial charge in [0, 0.05) is 26.9 Å². The smallest absolute Gasteiger partial charge is 0.343 e. The second-order valence-electron chi connectivity index (χ2n) is 14.0. The number of carbonyl (C=O) groups excluding carboxylic acids is 4. The van der Waals surface area contributed by atoms with Crippen LogP contribution in [0.3, 0.4) is 0 Å². The third-order valence-corrected chi connectivity index (χ3v) is 8.94. The summed E-state index contributed by atoms with van der Waals surface area (Å²) in [6.07, 6.45) is 10.6. The highest BCUT2D eigenvalue weighted by Crippen LogP contribution is 2.23. The molecule has 0 saturated heterocycles. The summed E-state index contributed by atoms with van der Waals surface area (Å²) in [4.78, 5) is 70.6. The van der Waals surface area contributed by atoms with Gasteiger partial charge in [-0.2, -0.15) is 0 Å². The maximum atomic E-state index is 13.8. The minimum Gasteiger partial charge on any atom is -0.445 e. The van der Waals surface area contributed by atoms with E-state index < -0.39 is 52.4 Å². The Bertz CT molecular complexity index is 1890. The molecule has 296 valence electrons. The molecule has 3 aromatic rings. The van der Waals surface area contributed by atoms with E-state index in [0.717, 1.165) is 30.3 Å². The lowest BCUT2D eigenvalue weighted by Crippen LogP contribution is -2.51. The van der Waals surface area contributed by atoms with Crippen LogP contribution in [0.2, 0.25) is 0 Å². The first-order chi connectivity index (χ1) is 26.3. The molecule has 0 radical (unpaired) electrons. The second-order valence-corrected chi connectivity index (χ2v) is 14.0. The Labute approximate surface area is 320 Å². The van der Waals surface area contributed by atoms with Crippen LogP contribution in [0.5, 0.6) is 11.5 Å². The number of rotatable bonds is 20. The number of hydrogen-bond acceptors (Lipinski definition) is 11. The van der Waals surface area contributed by atoms with Gasteiger partial charge in [0.1, 0.15) is 17.4 Å². The average molecular weight is 763 g/mol. The van der Waals surface area contributed by atoms with Crippen LogP contribution in [0, 0.1) is 5.82 Å². The number of halogens is 1. The largest absolute Gasteiger partial charge is 0.445 e. The van der Waals surface area contributed by atoms with Gasteiger partial charge in [0.15, 0.2) is 5.69 Å². The average Bonchev–Trinajstić information content (AvgIpc) is 3.60. The molecule has 4 rings (SSSR count). The number of nitrogens with zero attached hydrogens (tertiary/aromatic N) is 3. The van der Waals surface area contributed by atoms with Crippen LogP contribution in [0.1, 0.15) is 131 Å². The predicted octanol–water partition coefficient (Wildman–Crippen LogP) is 5.92. The molecule has 0 fully saturated rings. The number of benzene rings is 2. The molecule has 0 spiro atoms. The number of hydrogen-bond donors (Lipinski definition) is 3. The van der Waals surface area contributed by atoms with Crippen molar-refractivity contribution in [1.29, 1.82) is 0 Å². The van der Waals surface area contributed by atoms with E-state index in [9.17, 15) is 28.4 Å². The van der Waals surface area contributed by atoms with Crippen LogP contribution < -0.4 is 31.1 Å². The van der Waals surface area contributed by atoms with E-state index in [1.807, 2.05) is 0 Å². The first-order valence-corrected chi connectivity index (χ1v) is 18.7. The van der Waals surface area contributed by atoms with E-state index in [4.69, 9.17) is 14.2 Å². The zero-order valence-corrected chi connectivity index (χ0v) is 32.2. The summed E-state index contributed by atoms with van der Waals surface area (Å²) in [5.74, 6) is -3.52. The number of hydrazone groups is 1. The second kappa shape index (κ2) is 20.2. The summed E-state index contributed by atoms with van der Waals surface area (Å²) in [5.41, 5.74) is 0.332. The molecule has 55 heavy (non-hydrogen) atoms. The molecule has 2 aromatic carbocycles. The number of amides is 2. The minimum atomic E-state index is -1.36. The fourth-order valence-electron chi connectivity index (χ4n) is 5.92. The number of unbranched alkanes of at least 4 members (excludes halogenated alkanes) is 9. The van der Waals surface area contributed by atoms with Gasteiger partial charge in [-0.05, 0) is 62.2 Å². The molecular weight excluding hydrogens is 711 g/mol. The van der Waals surface area contributed by atoms with Crippen molar-refractivity contribution < 1.29 is 37.8 Å². The Morgan fingerprint density at radius 1 is 0.909 bits per heavy atom. The number of ether oxygens (including phenoxy) is 3. The van der Waals surface area contributed by atoms with Crippen molar-refractivity contribution in [2.24, 2.45) is 12.1 Å². The van der Waals surface area contributed by atoms with E-state index in [-0.39, 0.29) is 42.0 Å². The molecular formula is C40H51FN6O8. The predicted molar refractivity (Wildman–Crippen MR) is 203 cm³/mol. The van der Waals surface area contributed by atoms with Crippen LogP contribution in [0.25, 0.3) is 0 Å². The lowest BCUT2D eigenvalue weighted by atomic mass is 10.0. The number of esters is 2. The fraction of sp³-hybridized carbons (Fsp3) is 0.475. The van der Waals surface area contributed by atoms with E-state index in [2.05, 4.69) is 33.1 Å². The van der Waals surface area contributed by atoms with Gasteiger partial charge in [0.05, 0.1) is 11.1 Å². The quantitative estimate of drug-likeness (QED) is 0.0711. The monoisotopic (exact) mass is 762 g/mol. The van der Waals surface area contributed by atoms with Gasteiger partial charge >= 0.3 is 11.9 Å². The van der Waals surface area contributed by atoms with Crippen LogP contribution in [0.15, 0.2) is 58.4 Å². The minimum absolute atomic E-state index is 0.00691. The van der Waals surface area contributed by atoms with Gasteiger partial charge in [-0.25, -0.2) is 14.2 Å². The maximum Gasteiger partial charge on any atom is 0.343 e. The number of aromatic nitrogens is 2. The Morgan fingerprint density at radius 2 is 1.53 bits per heavy atom. The van der Waals surface area contributed by atoms with Gasteiger partial charge < -0.3 is 24.8 Å². The molecule has 3 N–H and O–H groups in total. The Kier molecular flexibility index (Phi) is 15.5.